The lowest BCUT2D eigenvalue weighted by atomic mass is 9.91. The zero-order valence-corrected chi connectivity index (χ0v) is 25.0. The van der Waals surface area contributed by atoms with E-state index in [4.69, 9.17) is 15.0 Å². The third-order valence-electron chi connectivity index (χ3n) is 8.54. The summed E-state index contributed by atoms with van der Waals surface area (Å²) >= 11 is 1.88. The van der Waals surface area contributed by atoms with Crippen LogP contribution in [-0.2, 0) is 0 Å². The van der Waals surface area contributed by atoms with Gasteiger partial charge in [0.25, 0.3) is 0 Å². The van der Waals surface area contributed by atoms with Crippen molar-refractivity contribution in [3.05, 3.63) is 152 Å². The van der Waals surface area contributed by atoms with Gasteiger partial charge in [-0.25, -0.2) is 15.0 Å². The van der Waals surface area contributed by atoms with Crippen LogP contribution in [0.1, 0.15) is 0 Å². The summed E-state index contributed by atoms with van der Waals surface area (Å²) < 4.78 is 2.64. The zero-order chi connectivity index (χ0) is 29.7. The van der Waals surface area contributed by atoms with Gasteiger partial charge in [0.2, 0.25) is 0 Å². The van der Waals surface area contributed by atoms with Gasteiger partial charge in [0.15, 0.2) is 17.5 Å². The highest BCUT2D eigenvalue weighted by Crippen LogP contribution is 2.44. The maximum absolute atomic E-state index is 5.05. The zero-order valence-electron chi connectivity index (χ0n) is 24.2. The van der Waals surface area contributed by atoms with E-state index in [1.165, 1.54) is 47.5 Å². The lowest BCUT2D eigenvalue weighted by Crippen LogP contribution is -2.00. The summed E-state index contributed by atoms with van der Waals surface area (Å²) in [6.45, 7) is 0. The molecule has 9 aromatic rings. The Morgan fingerprint density at radius 1 is 0.356 bits per heavy atom. The van der Waals surface area contributed by atoms with E-state index in [0.29, 0.717) is 17.5 Å². The van der Waals surface area contributed by atoms with Gasteiger partial charge in [-0.2, -0.15) is 0 Å². The molecule has 0 spiro atoms. The summed E-state index contributed by atoms with van der Waals surface area (Å²) in [5.74, 6) is 1.98. The van der Waals surface area contributed by atoms with E-state index in [0.717, 1.165) is 22.1 Å². The van der Waals surface area contributed by atoms with Crippen LogP contribution in [0, 0.1) is 0 Å². The first-order valence-electron chi connectivity index (χ1n) is 15.0. The molecule has 0 aliphatic carbocycles. The Labute approximate surface area is 264 Å². The van der Waals surface area contributed by atoms with Crippen LogP contribution in [0.2, 0.25) is 0 Å². The molecule has 4 heteroatoms. The second-order valence-corrected chi connectivity index (χ2v) is 12.2. The van der Waals surface area contributed by atoms with Crippen LogP contribution in [-0.4, -0.2) is 15.0 Å². The molecule has 0 aliphatic heterocycles. The number of aromatic nitrogens is 3. The van der Waals surface area contributed by atoms with Crippen LogP contribution in [0.15, 0.2) is 152 Å². The first kappa shape index (κ1) is 25.8. The number of fused-ring (bicyclic) bond motifs is 6. The standard InChI is InChI=1S/C41H25N3S/c1-3-12-27(13-4-1)39-42-40(28-14-5-2-6-15-28)44-41(43-39)35-25-24-31(29-17-7-8-18-30(29)35)33-20-11-16-26-22-23-34-32-19-9-10-21-36(32)45-38(34)37(26)33/h1-25H. The molecule has 2 aromatic heterocycles. The molecule has 0 atom stereocenters. The predicted octanol–water partition coefficient (Wildman–Crippen LogP) is 11.2. The minimum atomic E-state index is 0.661. The summed E-state index contributed by atoms with van der Waals surface area (Å²) in [7, 11) is 0. The van der Waals surface area contributed by atoms with Gasteiger partial charge in [0, 0.05) is 42.2 Å². The van der Waals surface area contributed by atoms with Gasteiger partial charge < -0.3 is 0 Å². The molecule has 210 valence electrons. The molecule has 0 radical (unpaired) electrons. The number of rotatable bonds is 4. The van der Waals surface area contributed by atoms with E-state index in [-0.39, 0.29) is 0 Å². The first-order valence-corrected chi connectivity index (χ1v) is 15.9. The molecule has 3 nitrogen and oxygen atoms in total. The Kier molecular flexibility index (Phi) is 6.00. The molecule has 7 aromatic carbocycles. The molecule has 0 unspecified atom stereocenters. The second kappa shape index (κ2) is 10.5. The SMILES string of the molecule is c1ccc(-c2nc(-c3ccccc3)nc(-c3ccc(-c4cccc5ccc6c7ccccc7sc6c45)c4ccccc34)n2)cc1. The molecule has 0 N–H and O–H groups in total. The topological polar surface area (TPSA) is 38.7 Å². The third-order valence-corrected chi connectivity index (χ3v) is 9.75. The average molecular weight is 592 g/mol. The van der Waals surface area contributed by atoms with Crippen molar-refractivity contribution in [2.75, 3.05) is 0 Å². The lowest BCUT2D eigenvalue weighted by Gasteiger charge is -2.15. The summed E-state index contributed by atoms with van der Waals surface area (Å²) in [6.07, 6.45) is 0. The first-order chi connectivity index (χ1) is 22.3. The maximum atomic E-state index is 5.05. The maximum Gasteiger partial charge on any atom is 0.164 e. The van der Waals surface area contributed by atoms with Gasteiger partial charge in [0.1, 0.15) is 0 Å². The molecule has 0 aliphatic rings. The fraction of sp³-hybridized carbons (Fsp3) is 0. The molecule has 2 heterocycles. The Balaban J connectivity index is 1.29. The molecular formula is C41H25N3S. The molecule has 0 saturated carbocycles. The van der Waals surface area contributed by atoms with Gasteiger partial charge in [-0.1, -0.05) is 140 Å². The van der Waals surface area contributed by atoms with Gasteiger partial charge >= 0.3 is 0 Å². The van der Waals surface area contributed by atoms with Crippen LogP contribution < -0.4 is 0 Å². The monoisotopic (exact) mass is 591 g/mol. The van der Waals surface area contributed by atoms with Crippen LogP contribution in [0.3, 0.4) is 0 Å². The van der Waals surface area contributed by atoms with Crippen molar-refractivity contribution in [2.24, 2.45) is 0 Å². The quantitative estimate of drug-likeness (QED) is 0.204. The van der Waals surface area contributed by atoms with Crippen molar-refractivity contribution in [2.45, 2.75) is 0 Å². The number of benzene rings is 7. The molecule has 45 heavy (non-hydrogen) atoms. The third kappa shape index (κ3) is 4.30. The highest BCUT2D eigenvalue weighted by Gasteiger charge is 2.18. The van der Waals surface area contributed by atoms with Crippen molar-refractivity contribution in [1.82, 2.24) is 15.0 Å². The fourth-order valence-corrected chi connectivity index (χ4v) is 7.71. The van der Waals surface area contributed by atoms with E-state index < -0.39 is 0 Å². The van der Waals surface area contributed by atoms with Crippen molar-refractivity contribution in [3.63, 3.8) is 0 Å². The van der Waals surface area contributed by atoms with E-state index in [1.54, 1.807) is 0 Å². The van der Waals surface area contributed by atoms with E-state index in [9.17, 15) is 0 Å². The minimum absolute atomic E-state index is 0.661. The van der Waals surface area contributed by atoms with Crippen LogP contribution >= 0.6 is 11.3 Å². The predicted molar refractivity (Wildman–Crippen MR) is 189 cm³/mol. The normalized spacial score (nSPS) is 11.6. The van der Waals surface area contributed by atoms with Crippen molar-refractivity contribution >= 4 is 53.1 Å². The van der Waals surface area contributed by atoms with Gasteiger partial charge in [0.05, 0.1) is 0 Å². The number of hydrogen-bond donors (Lipinski definition) is 0. The smallest absolute Gasteiger partial charge is 0.164 e. The molecule has 0 saturated heterocycles. The largest absolute Gasteiger partial charge is 0.208 e. The highest BCUT2D eigenvalue weighted by atomic mass is 32.1. The number of hydrogen-bond acceptors (Lipinski definition) is 4. The summed E-state index contributed by atoms with van der Waals surface area (Å²) in [4.78, 5) is 15.0. The van der Waals surface area contributed by atoms with Gasteiger partial charge in [-0.3, -0.25) is 0 Å². The van der Waals surface area contributed by atoms with Crippen LogP contribution in [0.25, 0.3) is 87.0 Å². The van der Waals surface area contributed by atoms with Crippen molar-refractivity contribution in [1.29, 1.82) is 0 Å². The van der Waals surface area contributed by atoms with Crippen LogP contribution in [0.4, 0.5) is 0 Å². The Hall–Kier alpha value is -5.71. The Bertz CT molecular complexity index is 2480. The molecule has 0 bridgehead atoms. The summed E-state index contributed by atoms with van der Waals surface area (Å²) in [5.41, 5.74) is 5.34. The highest BCUT2D eigenvalue weighted by molar-refractivity contribution is 7.26. The second-order valence-electron chi connectivity index (χ2n) is 11.2. The molecule has 9 rings (SSSR count). The van der Waals surface area contributed by atoms with Crippen molar-refractivity contribution < 1.29 is 0 Å². The average Bonchev–Trinajstić information content (AvgIpc) is 3.50. The minimum Gasteiger partial charge on any atom is -0.208 e. The Morgan fingerprint density at radius 2 is 0.933 bits per heavy atom. The number of thiophene rings is 1. The van der Waals surface area contributed by atoms with E-state index >= 15 is 0 Å². The number of nitrogens with zero attached hydrogens (tertiary/aromatic N) is 3. The lowest BCUT2D eigenvalue weighted by molar-refractivity contribution is 1.08. The van der Waals surface area contributed by atoms with E-state index in [2.05, 4.69) is 91.0 Å². The van der Waals surface area contributed by atoms with Crippen molar-refractivity contribution in [3.8, 4) is 45.3 Å². The van der Waals surface area contributed by atoms with Gasteiger partial charge in [-0.05, 0) is 39.4 Å². The Morgan fingerprint density at radius 3 is 1.64 bits per heavy atom. The summed E-state index contributed by atoms with van der Waals surface area (Å²) in [6, 6.07) is 53.2. The van der Waals surface area contributed by atoms with Crippen LogP contribution in [0.5, 0.6) is 0 Å². The molecular weight excluding hydrogens is 567 g/mol. The summed E-state index contributed by atoms with van der Waals surface area (Å²) in [5, 5.41) is 7.45. The molecule has 0 fully saturated rings. The fourth-order valence-electron chi connectivity index (χ4n) is 6.43. The van der Waals surface area contributed by atoms with Gasteiger partial charge in [-0.15, -0.1) is 11.3 Å². The van der Waals surface area contributed by atoms with E-state index in [1.807, 2.05) is 72.0 Å². The molecule has 0 amide bonds.